The predicted molar refractivity (Wildman–Crippen MR) is 110 cm³/mol. The maximum Gasteiger partial charge on any atom is 0.0707 e. The molecular formula is C25H19N. The molecule has 0 aliphatic heterocycles. The second-order valence-electron chi connectivity index (χ2n) is 6.65. The van der Waals surface area contributed by atoms with E-state index >= 15 is 0 Å². The first-order valence-corrected chi connectivity index (χ1v) is 9.01. The molecule has 3 aromatic carbocycles. The van der Waals surface area contributed by atoms with Crippen LogP contribution >= 0.6 is 0 Å². The molecular weight excluding hydrogens is 314 g/mol. The Bertz CT molecular complexity index is 1010. The van der Waals surface area contributed by atoms with Crippen molar-refractivity contribution in [2.24, 2.45) is 0 Å². The van der Waals surface area contributed by atoms with Gasteiger partial charge in [-0.05, 0) is 45.5 Å². The first-order chi connectivity index (χ1) is 12.9. The van der Waals surface area contributed by atoms with Crippen LogP contribution < -0.4 is 5.32 Å². The number of nitrogens with one attached hydrogen (secondary N) is 1. The van der Waals surface area contributed by atoms with Crippen LogP contribution in [0.2, 0.25) is 0 Å². The fraction of sp³-hybridized carbons (Fsp3) is 0.0400. The molecule has 0 bridgehead atoms. The molecule has 0 saturated heterocycles. The number of fused-ring (bicyclic) bond motifs is 3. The second kappa shape index (κ2) is 6.20. The summed E-state index contributed by atoms with van der Waals surface area (Å²) in [6.45, 7) is 0. The van der Waals surface area contributed by atoms with Crippen LogP contribution in [0.1, 0.15) is 11.1 Å². The van der Waals surface area contributed by atoms with Crippen LogP contribution in [0.3, 0.4) is 0 Å². The maximum atomic E-state index is 3.67. The molecule has 3 aromatic rings. The number of rotatable bonds is 2. The van der Waals surface area contributed by atoms with Gasteiger partial charge in [-0.25, -0.2) is 0 Å². The summed E-state index contributed by atoms with van der Waals surface area (Å²) in [5, 5.41) is 3.67. The highest BCUT2D eigenvalue weighted by Crippen LogP contribution is 2.46. The predicted octanol–water partition coefficient (Wildman–Crippen LogP) is 6.08. The summed E-state index contributed by atoms with van der Waals surface area (Å²) in [6.07, 6.45) is 8.74. The van der Waals surface area contributed by atoms with Crippen molar-refractivity contribution in [3.8, 4) is 11.1 Å². The van der Waals surface area contributed by atoms with Crippen LogP contribution in [-0.2, 0) is 0 Å². The molecule has 0 saturated carbocycles. The van der Waals surface area contributed by atoms with Gasteiger partial charge in [0, 0.05) is 5.69 Å². The van der Waals surface area contributed by atoms with E-state index < -0.39 is 0 Å². The largest absolute Gasteiger partial charge is 0.375 e. The summed E-state index contributed by atoms with van der Waals surface area (Å²) in [5.74, 6) is 0. The number of para-hydroxylation sites is 1. The lowest BCUT2D eigenvalue weighted by Gasteiger charge is -2.23. The van der Waals surface area contributed by atoms with Crippen molar-refractivity contribution in [1.29, 1.82) is 0 Å². The molecule has 1 N–H and O–H groups in total. The lowest BCUT2D eigenvalue weighted by atomic mass is 9.90. The van der Waals surface area contributed by atoms with E-state index in [4.69, 9.17) is 0 Å². The van der Waals surface area contributed by atoms with E-state index in [0.29, 0.717) is 0 Å². The zero-order valence-electron chi connectivity index (χ0n) is 14.4. The Morgan fingerprint density at radius 2 is 1.15 bits per heavy atom. The summed E-state index contributed by atoms with van der Waals surface area (Å²) in [6, 6.07) is 28.0. The zero-order valence-corrected chi connectivity index (χ0v) is 14.4. The number of allylic oxidation sites excluding steroid dienone is 2. The third-order valence-corrected chi connectivity index (χ3v) is 5.09. The van der Waals surface area contributed by atoms with E-state index in [2.05, 4.69) is 102 Å². The SMILES string of the molecule is C1=CC(=C2c3ccccc3-c3ccccc32)C(Nc2ccccc2)C=C1. The van der Waals surface area contributed by atoms with Gasteiger partial charge in [0.05, 0.1) is 6.04 Å². The Balaban J connectivity index is 1.69. The number of hydrogen-bond donors (Lipinski definition) is 1. The average Bonchev–Trinajstić information content (AvgIpc) is 3.04. The molecule has 0 fully saturated rings. The van der Waals surface area contributed by atoms with Crippen molar-refractivity contribution in [2.45, 2.75) is 6.04 Å². The van der Waals surface area contributed by atoms with Gasteiger partial charge < -0.3 is 5.32 Å². The van der Waals surface area contributed by atoms with Crippen LogP contribution in [0.25, 0.3) is 16.7 Å². The Hall–Kier alpha value is -3.32. The molecule has 5 rings (SSSR count). The van der Waals surface area contributed by atoms with Gasteiger partial charge in [-0.2, -0.15) is 0 Å². The smallest absolute Gasteiger partial charge is 0.0707 e. The molecule has 2 aliphatic carbocycles. The number of anilines is 1. The molecule has 0 heterocycles. The van der Waals surface area contributed by atoms with Gasteiger partial charge in [-0.3, -0.25) is 0 Å². The molecule has 124 valence electrons. The van der Waals surface area contributed by atoms with Gasteiger partial charge in [0.2, 0.25) is 0 Å². The van der Waals surface area contributed by atoms with Gasteiger partial charge in [0.25, 0.3) is 0 Å². The molecule has 26 heavy (non-hydrogen) atoms. The Kier molecular flexibility index (Phi) is 3.57. The minimum atomic E-state index is 0.150. The quantitative estimate of drug-likeness (QED) is 0.469. The van der Waals surface area contributed by atoms with Crippen molar-refractivity contribution < 1.29 is 0 Å². The highest BCUT2D eigenvalue weighted by Gasteiger charge is 2.27. The summed E-state index contributed by atoms with van der Waals surface area (Å²) in [5.41, 5.74) is 9.08. The van der Waals surface area contributed by atoms with Crippen molar-refractivity contribution in [1.82, 2.24) is 0 Å². The third-order valence-electron chi connectivity index (χ3n) is 5.09. The molecule has 1 unspecified atom stereocenters. The lowest BCUT2D eigenvalue weighted by molar-refractivity contribution is 1.05. The Morgan fingerprint density at radius 3 is 1.81 bits per heavy atom. The van der Waals surface area contributed by atoms with Crippen molar-refractivity contribution in [2.75, 3.05) is 5.32 Å². The molecule has 0 aromatic heterocycles. The van der Waals surface area contributed by atoms with E-state index in [9.17, 15) is 0 Å². The normalized spacial score (nSPS) is 17.2. The van der Waals surface area contributed by atoms with E-state index in [-0.39, 0.29) is 6.04 Å². The first kappa shape index (κ1) is 15.0. The van der Waals surface area contributed by atoms with Gasteiger partial charge in [0.15, 0.2) is 0 Å². The van der Waals surface area contributed by atoms with Gasteiger partial charge >= 0.3 is 0 Å². The average molecular weight is 333 g/mol. The Labute approximate surface area is 154 Å². The fourth-order valence-electron chi connectivity index (χ4n) is 3.95. The second-order valence-corrected chi connectivity index (χ2v) is 6.65. The highest BCUT2D eigenvalue weighted by atomic mass is 14.9. The summed E-state index contributed by atoms with van der Waals surface area (Å²) in [4.78, 5) is 0. The Morgan fingerprint density at radius 1 is 0.577 bits per heavy atom. The summed E-state index contributed by atoms with van der Waals surface area (Å²) < 4.78 is 0. The molecule has 0 radical (unpaired) electrons. The van der Waals surface area contributed by atoms with Crippen LogP contribution in [0.5, 0.6) is 0 Å². The number of benzene rings is 3. The first-order valence-electron chi connectivity index (χ1n) is 9.01. The molecule has 0 amide bonds. The molecule has 1 heteroatoms. The van der Waals surface area contributed by atoms with E-state index in [1.54, 1.807) is 0 Å². The number of hydrogen-bond acceptors (Lipinski definition) is 1. The monoisotopic (exact) mass is 333 g/mol. The van der Waals surface area contributed by atoms with Gasteiger partial charge in [-0.1, -0.05) is 91.0 Å². The zero-order chi connectivity index (χ0) is 17.3. The standard InChI is InChI=1S/C25H19N/c1-2-10-18(11-3-1)26-24-17-9-8-16-23(24)25-21-14-6-4-12-19(21)20-13-5-7-15-22(20)25/h1-17,24,26H. The van der Waals surface area contributed by atoms with Crippen LogP contribution in [0.4, 0.5) is 5.69 Å². The van der Waals surface area contributed by atoms with Crippen LogP contribution in [0, 0.1) is 0 Å². The summed E-state index contributed by atoms with van der Waals surface area (Å²) >= 11 is 0. The maximum absolute atomic E-state index is 3.67. The van der Waals surface area contributed by atoms with Gasteiger partial charge in [-0.15, -0.1) is 0 Å². The van der Waals surface area contributed by atoms with Crippen molar-refractivity contribution in [3.63, 3.8) is 0 Å². The van der Waals surface area contributed by atoms with Crippen LogP contribution in [-0.4, -0.2) is 6.04 Å². The fourth-order valence-corrected chi connectivity index (χ4v) is 3.95. The molecule has 1 nitrogen and oxygen atoms in total. The van der Waals surface area contributed by atoms with Crippen LogP contribution in [0.15, 0.2) is 109 Å². The van der Waals surface area contributed by atoms with E-state index in [0.717, 1.165) is 5.69 Å². The minimum Gasteiger partial charge on any atom is -0.375 e. The van der Waals surface area contributed by atoms with Crippen molar-refractivity contribution in [3.05, 3.63) is 120 Å². The molecule has 0 spiro atoms. The van der Waals surface area contributed by atoms with E-state index in [1.807, 2.05) is 6.07 Å². The molecule has 1 atom stereocenters. The third kappa shape index (κ3) is 2.41. The highest BCUT2D eigenvalue weighted by molar-refractivity contribution is 6.03. The lowest BCUT2D eigenvalue weighted by Crippen LogP contribution is -2.21. The van der Waals surface area contributed by atoms with E-state index in [1.165, 1.54) is 33.4 Å². The van der Waals surface area contributed by atoms with Gasteiger partial charge in [0.1, 0.15) is 0 Å². The summed E-state index contributed by atoms with van der Waals surface area (Å²) in [7, 11) is 0. The van der Waals surface area contributed by atoms with Crippen molar-refractivity contribution >= 4 is 11.3 Å². The molecule has 2 aliphatic rings. The minimum absolute atomic E-state index is 0.150. The topological polar surface area (TPSA) is 12.0 Å².